The molecule has 3 aromatic heterocycles. The third kappa shape index (κ3) is 4.11. The zero-order chi connectivity index (χ0) is 21.3. The van der Waals surface area contributed by atoms with Gasteiger partial charge in [-0.05, 0) is 52.4 Å². The average Bonchev–Trinajstić information content (AvgIpc) is 3.39. The summed E-state index contributed by atoms with van der Waals surface area (Å²) in [5.74, 6) is 2.44. The summed E-state index contributed by atoms with van der Waals surface area (Å²) >= 11 is 0. The number of aromatic nitrogens is 5. The first kappa shape index (κ1) is 20.2. The van der Waals surface area contributed by atoms with E-state index in [1.54, 1.807) is 13.1 Å². The number of Topliss-reactive ketones (excluding diaryl/α,β-unsaturated/α-hetero) is 1. The molecule has 0 saturated carbocycles. The number of pyridine rings is 1. The second-order valence-corrected chi connectivity index (χ2v) is 8.08. The summed E-state index contributed by atoms with van der Waals surface area (Å²) in [6, 6.07) is 2.33. The van der Waals surface area contributed by atoms with Crippen molar-refractivity contribution in [1.82, 2.24) is 30.0 Å². The minimum absolute atomic E-state index is 0.0655. The molecule has 3 aromatic rings. The van der Waals surface area contributed by atoms with E-state index in [1.807, 2.05) is 13.0 Å². The van der Waals surface area contributed by atoms with Crippen LogP contribution >= 0.6 is 0 Å². The molecule has 1 fully saturated rings. The van der Waals surface area contributed by atoms with Crippen LogP contribution in [-0.4, -0.2) is 69.1 Å². The molecule has 1 aliphatic rings. The summed E-state index contributed by atoms with van der Waals surface area (Å²) in [4.78, 5) is 29.6. The van der Waals surface area contributed by atoms with E-state index in [-0.39, 0.29) is 12.2 Å². The molecule has 9 heteroatoms. The molecule has 9 nitrogen and oxygen atoms in total. The average molecular weight is 409 g/mol. The standard InChI is InChI=1S/C21H27N7O2/c1-13-10-22-15(8-14(2)29)9-17(13)21-25-20(18(30-21)19-23-12-24-26-19)28-7-5-6-16(11-28)27(3)4/h9-10,12,16H,5-8,11H2,1-4H3,(H,23,24,26). The maximum absolute atomic E-state index is 11.5. The lowest BCUT2D eigenvalue weighted by Gasteiger charge is -2.36. The maximum Gasteiger partial charge on any atom is 0.229 e. The fraction of sp³-hybridized carbons (Fsp3) is 0.476. The monoisotopic (exact) mass is 409 g/mol. The van der Waals surface area contributed by atoms with E-state index in [2.05, 4.69) is 44.1 Å². The Bertz CT molecular complexity index is 1030. The zero-order valence-electron chi connectivity index (χ0n) is 17.8. The van der Waals surface area contributed by atoms with E-state index in [4.69, 9.17) is 9.40 Å². The van der Waals surface area contributed by atoms with E-state index < -0.39 is 0 Å². The van der Waals surface area contributed by atoms with Crippen molar-refractivity contribution >= 4 is 11.6 Å². The zero-order valence-corrected chi connectivity index (χ0v) is 17.8. The third-order valence-electron chi connectivity index (χ3n) is 5.49. The molecule has 158 valence electrons. The van der Waals surface area contributed by atoms with Gasteiger partial charge in [-0.2, -0.15) is 10.1 Å². The first-order valence-corrected chi connectivity index (χ1v) is 10.2. The van der Waals surface area contributed by atoms with Crippen LogP contribution in [0.5, 0.6) is 0 Å². The number of carbonyl (C=O) groups is 1. The maximum atomic E-state index is 11.5. The van der Waals surface area contributed by atoms with Gasteiger partial charge in [-0.15, -0.1) is 0 Å². The molecule has 0 amide bonds. The fourth-order valence-electron chi connectivity index (χ4n) is 3.83. The number of piperidine rings is 1. The number of nitrogens with zero attached hydrogens (tertiary/aromatic N) is 6. The van der Waals surface area contributed by atoms with Gasteiger partial charge in [0.1, 0.15) is 12.1 Å². The highest BCUT2D eigenvalue weighted by Crippen LogP contribution is 2.36. The van der Waals surface area contributed by atoms with Crippen LogP contribution in [0.3, 0.4) is 0 Å². The van der Waals surface area contributed by atoms with E-state index in [0.717, 1.165) is 42.9 Å². The minimum atomic E-state index is 0.0655. The van der Waals surface area contributed by atoms with Crippen LogP contribution in [0.25, 0.3) is 23.0 Å². The number of nitrogens with one attached hydrogen (secondary N) is 1. The Hall–Kier alpha value is -3.07. The van der Waals surface area contributed by atoms with Crippen molar-refractivity contribution in [3.8, 4) is 23.0 Å². The summed E-state index contributed by atoms with van der Waals surface area (Å²) < 4.78 is 6.22. The highest BCUT2D eigenvalue weighted by atomic mass is 16.4. The number of H-pyrrole nitrogens is 1. The highest BCUT2D eigenvalue weighted by Gasteiger charge is 2.29. The van der Waals surface area contributed by atoms with Gasteiger partial charge in [0.05, 0.1) is 0 Å². The number of carbonyl (C=O) groups excluding carboxylic acids is 1. The number of hydrogen-bond acceptors (Lipinski definition) is 8. The molecule has 30 heavy (non-hydrogen) atoms. The molecule has 1 N–H and O–H groups in total. The van der Waals surface area contributed by atoms with Gasteiger partial charge in [0.2, 0.25) is 11.7 Å². The van der Waals surface area contributed by atoms with Crippen LogP contribution < -0.4 is 4.90 Å². The van der Waals surface area contributed by atoms with Gasteiger partial charge in [-0.3, -0.25) is 14.9 Å². The largest absolute Gasteiger partial charge is 0.430 e. The van der Waals surface area contributed by atoms with Crippen molar-refractivity contribution < 1.29 is 9.21 Å². The number of aryl methyl sites for hydroxylation is 1. The molecule has 0 aliphatic carbocycles. The van der Waals surface area contributed by atoms with Gasteiger partial charge >= 0.3 is 0 Å². The summed E-state index contributed by atoms with van der Waals surface area (Å²) in [6.07, 6.45) is 5.74. The van der Waals surface area contributed by atoms with Gasteiger partial charge in [0, 0.05) is 43.0 Å². The lowest BCUT2D eigenvalue weighted by Crippen LogP contribution is -2.45. The van der Waals surface area contributed by atoms with Gasteiger partial charge in [-0.25, -0.2) is 4.98 Å². The Morgan fingerprint density at radius 2 is 2.20 bits per heavy atom. The van der Waals surface area contributed by atoms with Crippen molar-refractivity contribution in [2.24, 2.45) is 0 Å². The first-order chi connectivity index (χ1) is 14.4. The molecular formula is C21H27N7O2. The van der Waals surface area contributed by atoms with Crippen molar-refractivity contribution in [2.75, 3.05) is 32.1 Å². The number of rotatable bonds is 6. The van der Waals surface area contributed by atoms with Crippen LogP contribution in [0, 0.1) is 6.92 Å². The Labute approximate surface area is 175 Å². The van der Waals surface area contributed by atoms with Crippen LogP contribution in [0.15, 0.2) is 23.0 Å². The summed E-state index contributed by atoms with van der Waals surface area (Å²) in [5.41, 5.74) is 2.47. The van der Waals surface area contributed by atoms with Gasteiger partial charge < -0.3 is 14.2 Å². The number of hydrogen-bond donors (Lipinski definition) is 1. The predicted octanol–water partition coefficient (Wildman–Crippen LogP) is 2.49. The smallest absolute Gasteiger partial charge is 0.229 e. The molecule has 4 heterocycles. The predicted molar refractivity (Wildman–Crippen MR) is 113 cm³/mol. The highest BCUT2D eigenvalue weighted by molar-refractivity contribution is 5.78. The topological polar surface area (TPSA) is 104 Å². The molecule has 4 rings (SSSR count). The Kier molecular flexibility index (Phi) is 5.63. The summed E-state index contributed by atoms with van der Waals surface area (Å²) in [5, 5.41) is 6.87. The van der Waals surface area contributed by atoms with Gasteiger partial charge in [0.15, 0.2) is 11.6 Å². The molecule has 0 spiro atoms. The Balaban J connectivity index is 1.76. The lowest BCUT2D eigenvalue weighted by atomic mass is 10.0. The first-order valence-electron chi connectivity index (χ1n) is 10.2. The minimum Gasteiger partial charge on any atom is -0.430 e. The molecule has 0 bridgehead atoms. The molecular weight excluding hydrogens is 382 g/mol. The molecule has 1 atom stereocenters. The van der Waals surface area contributed by atoms with Crippen LogP contribution in [0.1, 0.15) is 31.0 Å². The quantitative estimate of drug-likeness (QED) is 0.662. The van der Waals surface area contributed by atoms with Crippen molar-refractivity contribution in [3.05, 3.63) is 29.8 Å². The van der Waals surface area contributed by atoms with Crippen LogP contribution in [0.4, 0.5) is 5.82 Å². The lowest BCUT2D eigenvalue weighted by molar-refractivity contribution is -0.116. The molecule has 0 radical (unpaired) electrons. The molecule has 1 unspecified atom stereocenters. The fourth-order valence-corrected chi connectivity index (χ4v) is 3.83. The number of anilines is 1. The van der Waals surface area contributed by atoms with Crippen molar-refractivity contribution in [3.63, 3.8) is 0 Å². The summed E-state index contributed by atoms with van der Waals surface area (Å²) in [6.45, 7) is 5.29. The van der Waals surface area contributed by atoms with E-state index in [0.29, 0.717) is 29.2 Å². The molecule has 1 aliphatic heterocycles. The normalized spacial score (nSPS) is 17.0. The number of likely N-dealkylation sites (N-methyl/N-ethyl adjacent to an activating group) is 1. The Morgan fingerprint density at radius 3 is 2.90 bits per heavy atom. The van der Waals surface area contributed by atoms with Gasteiger partial charge in [0.25, 0.3) is 0 Å². The molecule has 0 aromatic carbocycles. The van der Waals surface area contributed by atoms with Crippen LogP contribution in [-0.2, 0) is 11.2 Å². The molecule has 1 saturated heterocycles. The van der Waals surface area contributed by atoms with Gasteiger partial charge in [-0.1, -0.05) is 0 Å². The second kappa shape index (κ2) is 8.35. The van der Waals surface area contributed by atoms with E-state index in [9.17, 15) is 4.79 Å². The second-order valence-electron chi connectivity index (χ2n) is 8.08. The number of ketones is 1. The SMILES string of the molecule is CC(=O)Cc1cc(-c2nc(N3CCCC(N(C)C)C3)c(-c3ncn[nH]3)o2)c(C)cn1. The van der Waals surface area contributed by atoms with Crippen molar-refractivity contribution in [2.45, 2.75) is 39.2 Å². The third-order valence-corrected chi connectivity index (χ3v) is 5.49. The summed E-state index contributed by atoms with van der Waals surface area (Å²) in [7, 11) is 4.22. The van der Waals surface area contributed by atoms with E-state index >= 15 is 0 Å². The van der Waals surface area contributed by atoms with Crippen molar-refractivity contribution in [1.29, 1.82) is 0 Å². The number of oxazole rings is 1. The number of aromatic amines is 1. The van der Waals surface area contributed by atoms with Crippen LogP contribution in [0.2, 0.25) is 0 Å². The van der Waals surface area contributed by atoms with E-state index in [1.165, 1.54) is 6.33 Å². The Morgan fingerprint density at radius 1 is 1.37 bits per heavy atom.